The number of para-hydroxylation sites is 2. The summed E-state index contributed by atoms with van der Waals surface area (Å²) in [4.78, 5) is 0. The number of nitrogens with zero attached hydrogens (tertiary/aromatic N) is 4. The summed E-state index contributed by atoms with van der Waals surface area (Å²) in [5.41, 5.74) is 13.5. The minimum absolute atomic E-state index is 0. The van der Waals surface area contributed by atoms with Gasteiger partial charge in [-0.1, -0.05) is 0 Å². The van der Waals surface area contributed by atoms with Crippen LogP contribution in [0.3, 0.4) is 0 Å². The van der Waals surface area contributed by atoms with Gasteiger partial charge >= 0.3 is 256 Å². The molecule has 279 valence electrons. The summed E-state index contributed by atoms with van der Waals surface area (Å²) in [6.45, 7) is 35.9. The van der Waals surface area contributed by atoms with Crippen molar-refractivity contribution in [3.63, 3.8) is 0 Å². The van der Waals surface area contributed by atoms with Crippen molar-refractivity contribution in [3.8, 4) is 0 Å². The number of hydrogen-bond donors (Lipinski definition) is 0. The smallest absolute Gasteiger partial charge is 0.0967 e. The van der Waals surface area contributed by atoms with Crippen LogP contribution in [-0.4, -0.2) is 43.4 Å². The number of anilines is 2. The maximum absolute atomic E-state index is 4.83. The van der Waals surface area contributed by atoms with Crippen LogP contribution in [0.2, 0.25) is 0 Å². The van der Waals surface area contributed by atoms with Crippen LogP contribution in [0.15, 0.2) is 60.4 Å². The molecule has 0 bridgehead atoms. The normalized spacial score (nSPS) is 13.4. The van der Waals surface area contributed by atoms with E-state index in [1.165, 1.54) is 55.4 Å². The Balaban J connectivity index is 0.00000126. The molecule has 4 rings (SSSR count). The first-order chi connectivity index (χ1) is 23.0. The van der Waals surface area contributed by atoms with E-state index < -0.39 is 14.8 Å². The first-order valence-corrected chi connectivity index (χ1v) is 21.8. The van der Waals surface area contributed by atoms with Crippen LogP contribution in [0.25, 0.3) is 0 Å². The van der Waals surface area contributed by atoms with Crippen LogP contribution < -0.4 is 16.9 Å². The largest absolute Gasteiger partial charge is 0.870 e. The number of halogens is 2. The average molecular weight is 790 g/mol. The zero-order valence-electron chi connectivity index (χ0n) is 33.6. The first-order valence-electron chi connectivity index (χ1n) is 17.8. The third-order valence-electron chi connectivity index (χ3n) is 9.34. The number of ether oxygens (including phenoxy) is 1. The molecule has 3 aromatic rings. The van der Waals surface area contributed by atoms with E-state index in [2.05, 4.69) is 150 Å². The summed E-state index contributed by atoms with van der Waals surface area (Å²) >= 11 is 6.89. The maximum atomic E-state index is 4.83. The Morgan fingerprint density at radius 1 is 0.740 bits per heavy atom. The molecule has 1 radical (unpaired) electrons. The molecule has 2 aromatic carbocycles. The van der Waals surface area contributed by atoms with Gasteiger partial charge in [0.1, 0.15) is 0 Å². The number of hydrogen-bond acceptors (Lipinski definition) is 4. The van der Waals surface area contributed by atoms with E-state index in [1.54, 1.807) is 0 Å². The number of allylic oxidation sites excluding steroid dienone is 2. The Bertz CT molecular complexity index is 1500. The number of imidazole rings is 1. The molecule has 0 saturated heterocycles. The Kier molecular flexibility index (Phi) is 19.0. The standard InChI is InChI=1S/C36H52GeN4.C4H10O.CH2Cl2.H2O/c1-22(2)30-17-15-18-31(23(3)4)34(30)40-26(9)21-27(10)41(37(40)36-38(13)28(11)29(12)39(36)14)35-32(24(5)6)19-16-20-33(35)25(7)8;1-3-5-4-2;2-1-3;/h15-25H,9H2,1-8,10-14H3;3-4H2,1-2H3;1H2;1H2/q+1;;;/p-1. The Hall–Kier alpha value is -2.23. The topological polar surface area (TPSA) is 54.5 Å². The van der Waals surface area contributed by atoms with Crippen molar-refractivity contribution in [2.45, 2.75) is 114 Å². The van der Waals surface area contributed by atoms with Gasteiger partial charge in [0.05, 0.1) is 5.34 Å². The van der Waals surface area contributed by atoms with Crippen LogP contribution in [0.4, 0.5) is 11.4 Å². The molecule has 0 aliphatic carbocycles. The van der Waals surface area contributed by atoms with Gasteiger partial charge < -0.3 is 10.2 Å². The quantitative estimate of drug-likeness (QED) is 0.123. The van der Waals surface area contributed by atoms with Gasteiger partial charge in [-0.2, -0.15) is 0 Å². The molecule has 1 aliphatic heterocycles. The summed E-state index contributed by atoms with van der Waals surface area (Å²) in [6.07, 6.45) is 2.33. The van der Waals surface area contributed by atoms with Crippen molar-refractivity contribution in [1.82, 2.24) is 4.57 Å². The molecule has 0 amide bonds. The number of rotatable bonds is 9. The van der Waals surface area contributed by atoms with E-state index in [-0.39, 0.29) is 10.8 Å². The molecule has 6 nitrogen and oxygen atoms in total. The SMILES string of the molecule is C=C1C=C(C)[N](c2c(C(C)C)cccc2C(C)C)[Ge]([c]2n(C)c(C)c(C)[n+]2C)[N]1c1c(C(C)C)cccc1C(C)C.CCOCC.ClCCl.[OH-]. The third kappa shape index (κ3) is 10.0. The zero-order valence-corrected chi connectivity index (χ0v) is 37.2. The second-order valence-electron chi connectivity index (χ2n) is 14.0. The summed E-state index contributed by atoms with van der Waals surface area (Å²) < 4.78 is 16.7. The van der Waals surface area contributed by atoms with Gasteiger partial charge in [0.2, 0.25) is 0 Å². The average Bonchev–Trinajstić information content (AvgIpc) is 3.22. The van der Waals surface area contributed by atoms with Crippen molar-refractivity contribution in [2.75, 3.05) is 26.3 Å². The molecule has 0 saturated carbocycles. The van der Waals surface area contributed by atoms with E-state index in [4.69, 9.17) is 34.5 Å². The Labute approximate surface area is 320 Å². The Morgan fingerprint density at radius 2 is 1.10 bits per heavy atom. The molecule has 0 fully saturated rings. The van der Waals surface area contributed by atoms with E-state index in [9.17, 15) is 0 Å². The number of benzene rings is 2. The van der Waals surface area contributed by atoms with E-state index in [0.717, 1.165) is 18.9 Å². The predicted molar refractivity (Wildman–Crippen MR) is 219 cm³/mol. The molecular weight excluding hydrogens is 724 g/mol. The number of aromatic nitrogens is 2. The minimum atomic E-state index is -2.64. The predicted octanol–water partition coefficient (Wildman–Crippen LogP) is 10.4. The summed E-state index contributed by atoms with van der Waals surface area (Å²) in [7, 11) is 4.53. The van der Waals surface area contributed by atoms with Crippen molar-refractivity contribution < 1.29 is 14.8 Å². The molecule has 2 heterocycles. The molecule has 9 heteroatoms. The molecule has 0 atom stereocenters. The van der Waals surface area contributed by atoms with Crippen LogP contribution >= 0.6 is 23.2 Å². The van der Waals surface area contributed by atoms with Crippen molar-refractivity contribution in [3.05, 3.63) is 94.1 Å². The minimum Gasteiger partial charge on any atom is -0.870 e. The van der Waals surface area contributed by atoms with Gasteiger partial charge in [0.15, 0.2) is 0 Å². The fraction of sp³-hybridized carbons (Fsp3) is 0.537. The Morgan fingerprint density at radius 3 is 1.38 bits per heavy atom. The second kappa shape index (κ2) is 20.7. The molecule has 0 unspecified atom stereocenters. The van der Waals surface area contributed by atoms with Gasteiger partial charge in [-0.15, -0.1) is 23.2 Å². The monoisotopic (exact) mass is 789 g/mol. The fourth-order valence-electron chi connectivity index (χ4n) is 6.58. The fourth-order valence-corrected chi connectivity index (χ4v) is 13.3. The molecule has 1 N–H and O–H groups in total. The van der Waals surface area contributed by atoms with Gasteiger partial charge in [-0.25, -0.2) is 0 Å². The molecule has 1 aliphatic rings. The first kappa shape index (κ1) is 45.8. The van der Waals surface area contributed by atoms with Crippen LogP contribution in [0, 0.1) is 13.8 Å². The van der Waals surface area contributed by atoms with Crippen molar-refractivity contribution in [1.29, 1.82) is 0 Å². The van der Waals surface area contributed by atoms with E-state index >= 15 is 0 Å². The molecule has 50 heavy (non-hydrogen) atoms. The van der Waals surface area contributed by atoms with Crippen LogP contribution in [0.1, 0.15) is 133 Å². The van der Waals surface area contributed by atoms with E-state index in [1.807, 2.05) is 13.8 Å². The number of alkyl halides is 2. The van der Waals surface area contributed by atoms with Crippen LogP contribution in [0.5, 0.6) is 0 Å². The third-order valence-corrected chi connectivity index (χ3v) is 15.6. The van der Waals surface area contributed by atoms with Crippen molar-refractivity contribution in [2.24, 2.45) is 14.1 Å². The van der Waals surface area contributed by atoms with Gasteiger partial charge in [0.25, 0.3) is 0 Å². The van der Waals surface area contributed by atoms with Gasteiger partial charge in [-0.05, 0) is 13.8 Å². The van der Waals surface area contributed by atoms with Crippen LogP contribution in [-0.2, 0) is 18.8 Å². The molecule has 0 spiro atoms. The molecule has 1 aromatic heterocycles. The summed E-state index contributed by atoms with van der Waals surface area (Å²) in [5, 5.41) is 0.194. The van der Waals surface area contributed by atoms with Gasteiger partial charge in [0, 0.05) is 13.2 Å². The summed E-state index contributed by atoms with van der Waals surface area (Å²) in [5.74, 6) is 1.62. The van der Waals surface area contributed by atoms with Crippen molar-refractivity contribution >= 4 is 54.0 Å². The second-order valence-corrected chi connectivity index (χ2v) is 18.9. The van der Waals surface area contributed by atoms with Gasteiger partial charge in [-0.3, -0.25) is 0 Å². The summed E-state index contributed by atoms with van der Waals surface area (Å²) in [6, 6.07) is 13.9. The molecular formula is C41H65Cl2GeN4O2. The van der Waals surface area contributed by atoms with E-state index in [0.29, 0.717) is 23.7 Å². The zero-order chi connectivity index (χ0) is 37.3. The maximum Gasteiger partial charge on any atom is 0.0967 e.